The molecule has 0 bridgehead atoms. The van der Waals surface area contributed by atoms with Crippen molar-refractivity contribution >= 4 is 16.7 Å². The first-order valence-electron chi connectivity index (χ1n) is 12.8. The minimum atomic E-state index is 0.00269. The van der Waals surface area contributed by atoms with E-state index in [0.29, 0.717) is 6.42 Å². The van der Waals surface area contributed by atoms with Gasteiger partial charge in [-0.2, -0.15) is 0 Å². The number of rotatable bonds is 9. The highest BCUT2D eigenvalue weighted by Gasteiger charge is 2.32. The van der Waals surface area contributed by atoms with E-state index in [1.807, 2.05) is 18.2 Å². The summed E-state index contributed by atoms with van der Waals surface area (Å²) in [5.41, 5.74) is 3.25. The summed E-state index contributed by atoms with van der Waals surface area (Å²) in [6.45, 7) is 7.23. The fourth-order valence-electron chi connectivity index (χ4n) is 5.37. The van der Waals surface area contributed by atoms with E-state index in [1.165, 1.54) is 5.57 Å². The molecule has 1 aromatic carbocycles. The highest BCUT2D eigenvalue weighted by atomic mass is 19.1. The van der Waals surface area contributed by atoms with Gasteiger partial charge < -0.3 is 14.2 Å². The number of aryl methyl sites for hydroxylation is 1. The Balaban J connectivity index is 1.19. The number of ketones is 1. The number of halogens is 1. The van der Waals surface area contributed by atoms with Gasteiger partial charge in [0.05, 0.1) is 12.6 Å². The number of fused-ring (bicyclic) bond motifs is 1. The molecule has 0 atom stereocenters. The highest BCUT2D eigenvalue weighted by molar-refractivity contribution is 6.11. The lowest BCUT2D eigenvalue weighted by Crippen LogP contribution is -2.32. The molecule has 0 radical (unpaired) electrons. The van der Waals surface area contributed by atoms with E-state index in [1.54, 1.807) is 13.2 Å². The summed E-state index contributed by atoms with van der Waals surface area (Å²) in [4.78, 5) is 18.0. The van der Waals surface area contributed by atoms with E-state index in [2.05, 4.69) is 26.6 Å². The molecule has 0 spiro atoms. The number of hydrogen-bond donors (Lipinski definition) is 0. The van der Waals surface area contributed by atoms with Crippen LogP contribution >= 0.6 is 0 Å². The standard InChI is InChI=1S/C28H36FN3O2/c1-34-26-6-2-5-24-25(28(33)22-9-10-22)20-32(27(24)26)16-4-14-30-13-3-15-31(18-17-30)19-21-7-11-23(29)12-8-21/h2,5-7,11,20,22H,3-4,8-10,12-19H2,1H3. The molecule has 0 N–H and O–H groups in total. The number of methoxy groups -OCH3 is 1. The van der Waals surface area contributed by atoms with Gasteiger partial charge in [0.1, 0.15) is 11.6 Å². The number of carbonyl (C=O) groups excluding carboxylic acids is 1. The van der Waals surface area contributed by atoms with Crippen LogP contribution in [-0.2, 0) is 6.54 Å². The summed E-state index contributed by atoms with van der Waals surface area (Å²) in [5.74, 6) is 1.34. The van der Waals surface area contributed by atoms with Gasteiger partial charge in [-0.1, -0.05) is 23.8 Å². The van der Waals surface area contributed by atoms with Gasteiger partial charge in [0.25, 0.3) is 0 Å². The Labute approximate surface area is 201 Å². The molecule has 1 saturated carbocycles. The first-order chi connectivity index (χ1) is 16.6. The average molecular weight is 466 g/mol. The second kappa shape index (κ2) is 10.4. The van der Waals surface area contributed by atoms with Gasteiger partial charge >= 0.3 is 0 Å². The Bertz CT molecular complexity index is 1100. The van der Waals surface area contributed by atoms with E-state index in [-0.39, 0.29) is 17.5 Å². The fraction of sp³-hybridized carbons (Fsp3) is 0.536. The van der Waals surface area contributed by atoms with Crippen LogP contribution in [0.2, 0.25) is 0 Å². The third-order valence-corrected chi connectivity index (χ3v) is 7.46. The topological polar surface area (TPSA) is 37.7 Å². The summed E-state index contributed by atoms with van der Waals surface area (Å²) in [6.07, 6.45) is 11.3. The fourth-order valence-corrected chi connectivity index (χ4v) is 5.37. The van der Waals surface area contributed by atoms with Crippen molar-refractivity contribution in [2.75, 3.05) is 46.4 Å². The van der Waals surface area contributed by atoms with Crippen LogP contribution in [0.3, 0.4) is 0 Å². The first-order valence-corrected chi connectivity index (χ1v) is 12.8. The zero-order chi connectivity index (χ0) is 23.5. The molecule has 34 heavy (non-hydrogen) atoms. The largest absolute Gasteiger partial charge is 0.495 e. The molecule has 0 amide bonds. The van der Waals surface area contributed by atoms with Gasteiger partial charge in [-0.15, -0.1) is 0 Å². The second-order valence-corrected chi connectivity index (χ2v) is 9.99. The number of carbonyl (C=O) groups is 1. The lowest BCUT2D eigenvalue weighted by molar-refractivity contribution is 0.0969. The van der Waals surface area contributed by atoms with Gasteiger partial charge in [-0.3, -0.25) is 9.69 Å². The number of aromatic nitrogens is 1. The van der Waals surface area contributed by atoms with Gasteiger partial charge in [0.2, 0.25) is 0 Å². The second-order valence-electron chi connectivity index (χ2n) is 9.99. The van der Waals surface area contributed by atoms with E-state index in [4.69, 9.17) is 4.74 Å². The maximum Gasteiger partial charge on any atom is 0.168 e. The third kappa shape index (κ3) is 5.28. The number of ether oxygens (including phenoxy) is 1. The molecule has 2 aliphatic carbocycles. The van der Waals surface area contributed by atoms with Crippen molar-refractivity contribution in [3.05, 3.63) is 53.5 Å². The van der Waals surface area contributed by atoms with E-state index < -0.39 is 0 Å². The Kier molecular flexibility index (Phi) is 7.16. The zero-order valence-corrected chi connectivity index (χ0v) is 20.3. The quantitative estimate of drug-likeness (QED) is 0.476. The molecule has 2 fully saturated rings. The predicted molar refractivity (Wildman–Crippen MR) is 134 cm³/mol. The minimum Gasteiger partial charge on any atom is -0.495 e. The highest BCUT2D eigenvalue weighted by Crippen LogP contribution is 2.37. The van der Waals surface area contributed by atoms with Crippen molar-refractivity contribution in [1.82, 2.24) is 14.4 Å². The molecule has 182 valence electrons. The average Bonchev–Trinajstić information content (AvgIpc) is 3.66. The van der Waals surface area contributed by atoms with Crippen LogP contribution in [-0.4, -0.2) is 66.5 Å². The SMILES string of the molecule is COc1cccc2c(C(=O)C3CC3)cn(CCCN3CCCN(CC4=CC=C(F)CC4)CC3)c12. The number of para-hydroxylation sites is 1. The van der Waals surface area contributed by atoms with Crippen LogP contribution in [0.25, 0.3) is 10.9 Å². The van der Waals surface area contributed by atoms with Crippen LogP contribution in [0.15, 0.2) is 47.9 Å². The predicted octanol–water partition coefficient (Wildman–Crippen LogP) is 5.21. The molecule has 0 unspecified atom stereocenters. The smallest absolute Gasteiger partial charge is 0.168 e. The molecule has 2 heterocycles. The molecule has 5 rings (SSSR count). The molecule has 2 aromatic rings. The summed E-state index contributed by atoms with van der Waals surface area (Å²) in [6, 6.07) is 6.02. The molecule has 1 aliphatic heterocycles. The van der Waals surface area contributed by atoms with Gasteiger partial charge in [0, 0.05) is 55.7 Å². The summed E-state index contributed by atoms with van der Waals surface area (Å²) >= 11 is 0. The van der Waals surface area contributed by atoms with Crippen LogP contribution in [0.1, 0.15) is 48.9 Å². The van der Waals surface area contributed by atoms with Gasteiger partial charge in [-0.05, 0) is 63.9 Å². The van der Waals surface area contributed by atoms with E-state index in [0.717, 1.165) is 100 Å². The number of benzene rings is 1. The number of nitrogens with zero attached hydrogens (tertiary/aromatic N) is 3. The van der Waals surface area contributed by atoms with Gasteiger partial charge in [-0.25, -0.2) is 4.39 Å². The summed E-state index contributed by atoms with van der Waals surface area (Å²) < 4.78 is 21.2. The van der Waals surface area contributed by atoms with Crippen LogP contribution < -0.4 is 4.74 Å². The molecule has 1 saturated heterocycles. The Morgan fingerprint density at radius 2 is 1.88 bits per heavy atom. The Morgan fingerprint density at radius 3 is 2.65 bits per heavy atom. The monoisotopic (exact) mass is 465 g/mol. The van der Waals surface area contributed by atoms with Crippen LogP contribution in [0.4, 0.5) is 4.39 Å². The van der Waals surface area contributed by atoms with Crippen molar-refractivity contribution in [3.63, 3.8) is 0 Å². The van der Waals surface area contributed by atoms with Crippen molar-refractivity contribution in [2.45, 2.75) is 45.1 Å². The maximum atomic E-state index is 13.3. The lowest BCUT2D eigenvalue weighted by atomic mass is 10.0. The third-order valence-electron chi connectivity index (χ3n) is 7.46. The first kappa shape index (κ1) is 23.3. The Morgan fingerprint density at radius 1 is 1.06 bits per heavy atom. The van der Waals surface area contributed by atoms with Crippen LogP contribution in [0.5, 0.6) is 5.75 Å². The molecule has 6 heteroatoms. The molecular formula is C28H36FN3O2. The maximum absolute atomic E-state index is 13.3. The summed E-state index contributed by atoms with van der Waals surface area (Å²) in [5, 5.41) is 1.02. The lowest BCUT2D eigenvalue weighted by Gasteiger charge is -2.23. The number of Topliss-reactive ketones (excluding diaryl/α,β-unsaturated/α-hetero) is 1. The van der Waals surface area contributed by atoms with Crippen LogP contribution in [0, 0.1) is 5.92 Å². The number of hydrogen-bond acceptors (Lipinski definition) is 4. The molecular weight excluding hydrogens is 429 g/mol. The van der Waals surface area contributed by atoms with Crippen molar-refractivity contribution < 1.29 is 13.9 Å². The zero-order valence-electron chi connectivity index (χ0n) is 20.3. The van der Waals surface area contributed by atoms with Crippen molar-refractivity contribution in [2.24, 2.45) is 5.92 Å². The molecule has 3 aliphatic rings. The number of allylic oxidation sites excluding steroid dienone is 3. The van der Waals surface area contributed by atoms with Crippen molar-refractivity contribution in [1.29, 1.82) is 0 Å². The molecule has 1 aromatic heterocycles. The minimum absolute atomic E-state index is 0.00269. The van der Waals surface area contributed by atoms with E-state index in [9.17, 15) is 9.18 Å². The molecule has 5 nitrogen and oxygen atoms in total. The summed E-state index contributed by atoms with van der Waals surface area (Å²) in [7, 11) is 1.70. The Hall–Kier alpha value is -2.44. The van der Waals surface area contributed by atoms with Crippen molar-refractivity contribution in [3.8, 4) is 5.75 Å². The normalized spacial score (nSPS) is 20.2. The van der Waals surface area contributed by atoms with Gasteiger partial charge in [0.15, 0.2) is 5.78 Å². The van der Waals surface area contributed by atoms with E-state index >= 15 is 0 Å².